The first-order chi connectivity index (χ1) is 5.91. The van der Waals surface area contributed by atoms with Crippen LogP contribution >= 0.6 is 0 Å². The Bertz CT molecular complexity index is 127. The Balaban J connectivity index is 4.10. The van der Waals surface area contributed by atoms with Gasteiger partial charge in [-0.3, -0.25) is 0 Å². The van der Waals surface area contributed by atoms with Crippen LogP contribution in [0.1, 0.15) is 34.6 Å². The van der Waals surface area contributed by atoms with E-state index in [0.29, 0.717) is 11.5 Å². The molecule has 0 aromatic heterocycles. The van der Waals surface area contributed by atoms with E-state index in [2.05, 4.69) is 51.9 Å². The first-order valence-corrected chi connectivity index (χ1v) is 5.33. The van der Waals surface area contributed by atoms with Crippen molar-refractivity contribution in [2.24, 2.45) is 5.41 Å². The summed E-state index contributed by atoms with van der Waals surface area (Å²) in [6.45, 7) is 14.6. The van der Waals surface area contributed by atoms with Gasteiger partial charge >= 0.3 is 0 Å². The lowest BCUT2D eigenvalue weighted by Gasteiger charge is -2.34. The van der Waals surface area contributed by atoms with Crippen LogP contribution in [0.15, 0.2) is 0 Å². The summed E-state index contributed by atoms with van der Waals surface area (Å²) in [6.07, 6.45) is 0. The highest BCUT2D eigenvalue weighted by Gasteiger charge is 2.24. The second-order valence-corrected chi connectivity index (χ2v) is 4.83. The van der Waals surface area contributed by atoms with Crippen molar-refractivity contribution in [3.8, 4) is 0 Å². The molecule has 0 aliphatic rings. The van der Waals surface area contributed by atoms with Crippen molar-refractivity contribution in [1.82, 2.24) is 10.2 Å². The Morgan fingerprint density at radius 1 is 1.23 bits per heavy atom. The van der Waals surface area contributed by atoms with Crippen molar-refractivity contribution in [1.29, 1.82) is 0 Å². The highest BCUT2D eigenvalue weighted by molar-refractivity contribution is 4.82. The van der Waals surface area contributed by atoms with E-state index in [1.54, 1.807) is 0 Å². The van der Waals surface area contributed by atoms with E-state index < -0.39 is 0 Å². The van der Waals surface area contributed by atoms with Crippen molar-refractivity contribution in [3.63, 3.8) is 0 Å². The van der Waals surface area contributed by atoms with Crippen LogP contribution < -0.4 is 5.32 Å². The molecule has 0 spiro atoms. The summed E-state index contributed by atoms with van der Waals surface area (Å²) in [6, 6.07) is 0.586. The van der Waals surface area contributed by atoms with Gasteiger partial charge in [-0.2, -0.15) is 0 Å². The molecule has 0 radical (unpaired) electrons. The lowest BCUT2D eigenvalue weighted by atomic mass is 9.86. The highest BCUT2D eigenvalue weighted by Crippen LogP contribution is 2.19. The molecule has 0 aliphatic heterocycles. The Kier molecular flexibility index (Phi) is 5.57. The summed E-state index contributed by atoms with van der Waals surface area (Å²) in [5.74, 6) is 0. The maximum Gasteiger partial charge on any atom is 0.0243 e. The van der Waals surface area contributed by atoms with Crippen LogP contribution in [0, 0.1) is 5.41 Å². The molecular formula is C11H26N2. The van der Waals surface area contributed by atoms with Crippen LogP contribution in [0.5, 0.6) is 0 Å². The molecule has 13 heavy (non-hydrogen) atoms. The molecule has 0 aromatic carbocycles. The Morgan fingerprint density at radius 3 is 2.08 bits per heavy atom. The van der Waals surface area contributed by atoms with Crippen LogP contribution in [0.2, 0.25) is 0 Å². The summed E-state index contributed by atoms with van der Waals surface area (Å²) in [4.78, 5) is 2.36. The fourth-order valence-electron chi connectivity index (χ4n) is 1.33. The van der Waals surface area contributed by atoms with Gasteiger partial charge < -0.3 is 10.2 Å². The topological polar surface area (TPSA) is 15.3 Å². The van der Waals surface area contributed by atoms with E-state index in [-0.39, 0.29) is 0 Å². The number of hydrogen-bond acceptors (Lipinski definition) is 2. The quantitative estimate of drug-likeness (QED) is 0.706. The van der Waals surface area contributed by atoms with Gasteiger partial charge in [0.1, 0.15) is 0 Å². The average molecular weight is 186 g/mol. The van der Waals surface area contributed by atoms with Crippen LogP contribution in [-0.4, -0.2) is 37.6 Å². The molecule has 0 bridgehead atoms. The van der Waals surface area contributed by atoms with E-state index in [9.17, 15) is 0 Å². The van der Waals surface area contributed by atoms with Crippen molar-refractivity contribution in [2.75, 3.05) is 26.7 Å². The molecule has 2 nitrogen and oxygen atoms in total. The Labute approximate surface area is 83.7 Å². The highest BCUT2D eigenvalue weighted by atomic mass is 15.1. The largest absolute Gasteiger partial charge is 0.312 e. The zero-order valence-electron chi connectivity index (χ0n) is 10.1. The van der Waals surface area contributed by atoms with Gasteiger partial charge in [-0.15, -0.1) is 0 Å². The minimum Gasteiger partial charge on any atom is -0.312 e. The van der Waals surface area contributed by atoms with Gasteiger partial charge in [0.2, 0.25) is 0 Å². The number of nitrogens with one attached hydrogen (secondary N) is 1. The molecule has 0 fully saturated rings. The Hall–Kier alpha value is -0.0800. The van der Waals surface area contributed by atoms with Gasteiger partial charge in [0.25, 0.3) is 0 Å². The van der Waals surface area contributed by atoms with Crippen LogP contribution in [-0.2, 0) is 0 Å². The normalized spacial score (nSPS) is 15.0. The maximum absolute atomic E-state index is 3.55. The average Bonchev–Trinajstić information content (AvgIpc) is 2.01. The van der Waals surface area contributed by atoms with Gasteiger partial charge in [-0.05, 0) is 25.6 Å². The molecule has 0 saturated carbocycles. The number of hydrogen-bond donors (Lipinski definition) is 1. The van der Waals surface area contributed by atoms with E-state index in [4.69, 9.17) is 0 Å². The summed E-state index contributed by atoms with van der Waals surface area (Å²) in [7, 11) is 2.18. The monoisotopic (exact) mass is 186 g/mol. The molecular weight excluding hydrogens is 160 g/mol. The molecule has 1 atom stereocenters. The van der Waals surface area contributed by atoms with E-state index in [0.717, 1.165) is 19.6 Å². The van der Waals surface area contributed by atoms with Crippen LogP contribution in [0.3, 0.4) is 0 Å². The predicted octanol–water partition coefficient (Wildman–Crippen LogP) is 1.96. The van der Waals surface area contributed by atoms with E-state index >= 15 is 0 Å². The van der Waals surface area contributed by atoms with Gasteiger partial charge in [0.05, 0.1) is 0 Å². The molecule has 0 saturated heterocycles. The molecule has 0 amide bonds. The minimum absolute atomic E-state index is 0.347. The maximum atomic E-state index is 3.55. The smallest absolute Gasteiger partial charge is 0.0243 e. The van der Waals surface area contributed by atoms with Gasteiger partial charge in [0, 0.05) is 12.6 Å². The molecule has 80 valence electrons. The second kappa shape index (κ2) is 5.61. The molecule has 1 unspecified atom stereocenters. The van der Waals surface area contributed by atoms with Gasteiger partial charge in [-0.25, -0.2) is 0 Å². The molecule has 1 N–H and O–H groups in total. The fourth-order valence-corrected chi connectivity index (χ4v) is 1.33. The molecule has 0 rings (SSSR count). The molecule has 0 aromatic rings. The van der Waals surface area contributed by atoms with Crippen LogP contribution in [0.25, 0.3) is 0 Å². The van der Waals surface area contributed by atoms with Gasteiger partial charge in [-0.1, -0.05) is 34.6 Å². The van der Waals surface area contributed by atoms with E-state index in [1.807, 2.05) is 0 Å². The summed E-state index contributed by atoms with van der Waals surface area (Å²) >= 11 is 0. The van der Waals surface area contributed by atoms with Crippen molar-refractivity contribution >= 4 is 0 Å². The Morgan fingerprint density at radius 2 is 1.77 bits per heavy atom. The number of nitrogens with zero attached hydrogens (tertiary/aromatic N) is 1. The van der Waals surface area contributed by atoms with Crippen LogP contribution in [0.4, 0.5) is 0 Å². The zero-order valence-corrected chi connectivity index (χ0v) is 10.1. The van der Waals surface area contributed by atoms with E-state index in [1.165, 1.54) is 0 Å². The lowest BCUT2D eigenvalue weighted by molar-refractivity contribution is 0.201. The lowest BCUT2D eigenvalue weighted by Crippen LogP contribution is -2.47. The predicted molar refractivity (Wildman–Crippen MR) is 60.1 cm³/mol. The number of rotatable bonds is 5. The molecule has 0 aliphatic carbocycles. The third-order valence-electron chi connectivity index (χ3n) is 2.53. The third kappa shape index (κ3) is 5.27. The first-order valence-electron chi connectivity index (χ1n) is 5.33. The fraction of sp³-hybridized carbons (Fsp3) is 1.00. The molecule has 2 heteroatoms. The zero-order chi connectivity index (χ0) is 10.5. The third-order valence-corrected chi connectivity index (χ3v) is 2.53. The summed E-state index contributed by atoms with van der Waals surface area (Å²) < 4.78 is 0. The SMILES string of the molecule is CCNC(CN(C)CC)C(C)(C)C. The summed E-state index contributed by atoms with van der Waals surface area (Å²) in [5.41, 5.74) is 0.347. The van der Waals surface area contributed by atoms with Gasteiger partial charge in [0.15, 0.2) is 0 Å². The van der Waals surface area contributed by atoms with Crippen molar-refractivity contribution in [2.45, 2.75) is 40.7 Å². The minimum atomic E-state index is 0.347. The molecule has 0 heterocycles. The first kappa shape index (κ1) is 12.9. The summed E-state index contributed by atoms with van der Waals surface area (Å²) in [5, 5.41) is 3.55. The van der Waals surface area contributed by atoms with Crippen molar-refractivity contribution in [3.05, 3.63) is 0 Å². The second-order valence-electron chi connectivity index (χ2n) is 4.83. The van der Waals surface area contributed by atoms with Crippen molar-refractivity contribution < 1.29 is 0 Å². The standard InChI is InChI=1S/C11H26N2/c1-7-12-10(11(3,4)5)9-13(6)8-2/h10,12H,7-9H2,1-6H3. The number of likely N-dealkylation sites (N-methyl/N-ethyl adjacent to an activating group) is 2.